The van der Waals surface area contributed by atoms with Gasteiger partial charge in [0.2, 0.25) is 11.8 Å². The Balaban J connectivity index is 1.66. The van der Waals surface area contributed by atoms with Crippen LogP contribution in [-0.4, -0.2) is 34.0 Å². The van der Waals surface area contributed by atoms with Crippen molar-refractivity contribution in [2.45, 2.75) is 45.8 Å². The van der Waals surface area contributed by atoms with Crippen molar-refractivity contribution in [1.82, 2.24) is 9.88 Å². The molecule has 0 spiro atoms. The van der Waals surface area contributed by atoms with Crippen molar-refractivity contribution >= 4 is 12.0 Å². The first-order valence-electron chi connectivity index (χ1n) is 9.31. The van der Waals surface area contributed by atoms with E-state index in [-0.39, 0.29) is 6.09 Å². The highest BCUT2D eigenvalue weighted by Gasteiger charge is 2.27. The monoisotopic (exact) mass is 383 g/mol. The van der Waals surface area contributed by atoms with E-state index in [1.54, 1.807) is 17.0 Å². The first kappa shape index (κ1) is 19.7. The third-order valence-electron chi connectivity index (χ3n) is 4.91. The van der Waals surface area contributed by atoms with Gasteiger partial charge < -0.3 is 20.1 Å². The summed E-state index contributed by atoms with van der Waals surface area (Å²) >= 11 is 0. The van der Waals surface area contributed by atoms with Gasteiger partial charge in [-0.25, -0.2) is 9.78 Å². The summed E-state index contributed by atoms with van der Waals surface area (Å²) in [6, 6.07) is 8.93. The number of nitrogens with zero attached hydrogens (tertiary/aromatic N) is 2. The second-order valence-electron chi connectivity index (χ2n) is 7.43. The molecule has 3 rings (SSSR count). The molecule has 0 saturated carbocycles. The molecule has 0 aliphatic carbocycles. The second kappa shape index (κ2) is 7.88. The molecule has 2 amide bonds. The number of rotatable bonds is 5. The van der Waals surface area contributed by atoms with Crippen LogP contribution in [0.5, 0.6) is 11.6 Å². The highest BCUT2D eigenvalue weighted by Crippen LogP contribution is 2.27. The minimum absolute atomic E-state index is 0.281. The number of carbonyl (C=O) groups excluding carboxylic acids is 2. The molecule has 7 heteroatoms. The van der Waals surface area contributed by atoms with Crippen LogP contribution in [0.4, 0.5) is 4.79 Å². The number of fused-ring (bicyclic) bond motifs is 1. The summed E-state index contributed by atoms with van der Waals surface area (Å²) in [5.41, 5.74) is 7.27. The molecule has 1 aromatic heterocycles. The highest BCUT2D eigenvalue weighted by molar-refractivity contribution is 5.92. The number of ether oxygens (including phenoxy) is 2. The van der Waals surface area contributed by atoms with Crippen molar-refractivity contribution in [1.29, 1.82) is 0 Å². The number of nitrogens with two attached hydrogens (primary N) is 1. The third-order valence-corrected chi connectivity index (χ3v) is 4.91. The van der Waals surface area contributed by atoms with Gasteiger partial charge in [0.1, 0.15) is 11.4 Å². The van der Waals surface area contributed by atoms with Crippen LogP contribution < -0.4 is 10.5 Å². The first-order valence-corrected chi connectivity index (χ1v) is 9.31. The number of primary amides is 1. The van der Waals surface area contributed by atoms with Crippen LogP contribution in [0.3, 0.4) is 0 Å². The van der Waals surface area contributed by atoms with Gasteiger partial charge in [-0.05, 0) is 56.0 Å². The summed E-state index contributed by atoms with van der Waals surface area (Å²) in [4.78, 5) is 29.3. The van der Waals surface area contributed by atoms with Crippen LogP contribution in [-0.2, 0) is 17.7 Å². The Kier molecular flexibility index (Phi) is 5.53. The lowest BCUT2D eigenvalue weighted by molar-refractivity contribution is 0.00906. The van der Waals surface area contributed by atoms with Crippen molar-refractivity contribution in [2.75, 3.05) is 6.54 Å². The molecule has 0 radical (unpaired) electrons. The van der Waals surface area contributed by atoms with Gasteiger partial charge in [0.15, 0.2) is 0 Å². The molecule has 0 atom stereocenters. The van der Waals surface area contributed by atoms with E-state index >= 15 is 0 Å². The van der Waals surface area contributed by atoms with Gasteiger partial charge >= 0.3 is 6.09 Å². The van der Waals surface area contributed by atoms with E-state index in [1.807, 2.05) is 39.0 Å². The Hall–Kier alpha value is -3.09. The number of hydrogen-bond acceptors (Lipinski definition) is 5. The summed E-state index contributed by atoms with van der Waals surface area (Å²) in [5.74, 6) is 0.507. The second-order valence-corrected chi connectivity index (χ2v) is 7.43. The van der Waals surface area contributed by atoms with Gasteiger partial charge in [0.05, 0.1) is 5.56 Å². The average Bonchev–Trinajstić information content (AvgIpc) is 2.67. The van der Waals surface area contributed by atoms with Crippen LogP contribution in [0.25, 0.3) is 0 Å². The molecule has 0 saturated heterocycles. The SMILES string of the molecule is CCC(C)(C)OC(=O)N1CCc2cc(Oc3ccc(C(N)=O)cn3)ccc2C1. The molecule has 2 aromatic rings. The van der Waals surface area contributed by atoms with E-state index in [0.29, 0.717) is 30.3 Å². The summed E-state index contributed by atoms with van der Waals surface area (Å²) in [6.07, 6.45) is 2.59. The molecule has 1 aromatic carbocycles. The van der Waals surface area contributed by atoms with Gasteiger partial charge in [-0.3, -0.25) is 4.79 Å². The molecular weight excluding hydrogens is 358 g/mol. The van der Waals surface area contributed by atoms with Crippen molar-refractivity contribution in [3.05, 3.63) is 53.2 Å². The fourth-order valence-electron chi connectivity index (χ4n) is 2.83. The molecule has 0 fully saturated rings. The summed E-state index contributed by atoms with van der Waals surface area (Å²) in [5, 5.41) is 0. The molecule has 1 aliphatic rings. The predicted molar refractivity (Wildman–Crippen MR) is 104 cm³/mol. The molecule has 28 heavy (non-hydrogen) atoms. The smallest absolute Gasteiger partial charge is 0.410 e. The maximum Gasteiger partial charge on any atom is 0.410 e. The molecule has 0 bridgehead atoms. The largest absolute Gasteiger partial charge is 0.443 e. The Morgan fingerprint density at radius 2 is 2.00 bits per heavy atom. The van der Waals surface area contributed by atoms with Gasteiger partial charge in [-0.1, -0.05) is 13.0 Å². The zero-order valence-electron chi connectivity index (χ0n) is 16.4. The van der Waals surface area contributed by atoms with Crippen LogP contribution >= 0.6 is 0 Å². The van der Waals surface area contributed by atoms with Crippen molar-refractivity contribution in [3.8, 4) is 11.6 Å². The lowest BCUT2D eigenvalue weighted by atomic mass is 10.00. The van der Waals surface area contributed by atoms with E-state index in [2.05, 4.69) is 4.98 Å². The third kappa shape index (κ3) is 4.60. The van der Waals surface area contributed by atoms with Gasteiger partial charge in [0.25, 0.3) is 0 Å². The minimum Gasteiger partial charge on any atom is -0.443 e. The average molecular weight is 383 g/mol. The summed E-state index contributed by atoms with van der Waals surface area (Å²) < 4.78 is 11.4. The summed E-state index contributed by atoms with van der Waals surface area (Å²) in [7, 11) is 0. The van der Waals surface area contributed by atoms with Crippen LogP contribution in [0.2, 0.25) is 0 Å². The van der Waals surface area contributed by atoms with Gasteiger partial charge in [-0.15, -0.1) is 0 Å². The Morgan fingerprint density at radius 3 is 2.64 bits per heavy atom. The Bertz CT molecular complexity index is 878. The van der Waals surface area contributed by atoms with Crippen LogP contribution in [0, 0.1) is 0 Å². The highest BCUT2D eigenvalue weighted by atomic mass is 16.6. The zero-order chi connectivity index (χ0) is 20.3. The van der Waals surface area contributed by atoms with E-state index in [0.717, 1.165) is 24.0 Å². The maximum atomic E-state index is 12.4. The van der Waals surface area contributed by atoms with Gasteiger partial charge in [0, 0.05) is 25.4 Å². The number of benzene rings is 1. The predicted octanol–water partition coefficient (Wildman–Crippen LogP) is 3.66. The normalized spacial score (nSPS) is 13.6. The number of amides is 2. The number of carbonyl (C=O) groups is 2. The Labute approximate surface area is 164 Å². The molecule has 7 nitrogen and oxygen atoms in total. The minimum atomic E-state index is -0.529. The fourth-order valence-corrected chi connectivity index (χ4v) is 2.83. The molecule has 1 aliphatic heterocycles. The van der Waals surface area contributed by atoms with Crippen LogP contribution in [0.15, 0.2) is 36.5 Å². The number of aromatic nitrogens is 1. The summed E-state index contributed by atoms with van der Waals surface area (Å²) in [6.45, 7) is 6.93. The van der Waals surface area contributed by atoms with E-state index in [1.165, 1.54) is 6.20 Å². The van der Waals surface area contributed by atoms with Gasteiger partial charge in [-0.2, -0.15) is 0 Å². The maximum absolute atomic E-state index is 12.4. The number of hydrogen-bond donors (Lipinski definition) is 1. The van der Waals surface area contributed by atoms with E-state index in [9.17, 15) is 9.59 Å². The molecule has 148 valence electrons. The van der Waals surface area contributed by atoms with Crippen molar-refractivity contribution < 1.29 is 19.1 Å². The quantitative estimate of drug-likeness (QED) is 0.850. The Morgan fingerprint density at radius 1 is 1.21 bits per heavy atom. The first-order chi connectivity index (χ1) is 13.3. The number of pyridine rings is 1. The van der Waals surface area contributed by atoms with Crippen molar-refractivity contribution in [2.24, 2.45) is 5.73 Å². The molecule has 2 N–H and O–H groups in total. The van der Waals surface area contributed by atoms with Crippen molar-refractivity contribution in [3.63, 3.8) is 0 Å². The van der Waals surface area contributed by atoms with E-state index in [4.69, 9.17) is 15.2 Å². The fraction of sp³-hybridized carbons (Fsp3) is 0.381. The topological polar surface area (TPSA) is 94.7 Å². The van der Waals surface area contributed by atoms with E-state index < -0.39 is 11.5 Å². The van der Waals surface area contributed by atoms with Crippen LogP contribution in [0.1, 0.15) is 48.7 Å². The molecule has 0 unspecified atom stereocenters. The zero-order valence-corrected chi connectivity index (χ0v) is 16.4. The lowest BCUT2D eigenvalue weighted by Gasteiger charge is -2.32. The lowest BCUT2D eigenvalue weighted by Crippen LogP contribution is -2.40. The molecular formula is C21H25N3O4. The standard InChI is InChI=1S/C21H25N3O4/c1-4-21(2,3)28-20(26)24-10-9-14-11-17(7-5-16(14)13-24)27-18-8-6-15(12-23-18)19(22)25/h5-8,11-12H,4,9-10,13H2,1-3H3,(H2,22,25). The molecule has 2 heterocycles.